The Morgan fingerprint density at radius 3 is 2.55 bits per heavy atom. The lowest BCUT2D eigenvalue weighted by atomic mass is 9.98. The molecule has 1 aromatic carbocycles. The van der Waals surface area contributed by atoms with E-state index >= 15 is 0 Å². The number of carbonyl (C=O) groups is 1. The van der Waals surface area contributed by atoms with Crippen LogP contribution in [-0.2, 0) is 11.2 Å². The minimum absolute atomic E-state index is 0.0880. The number of benzene rings is 1. The second-order valence-electron chi connectivity index (χ2n) is 5.55. The summed E-state index contributed by atoms with van der Waals surface area (Å²) in [6.07, 6.45) is 1.86. The van der Waals surface area contributed by atoms with Crippen molar-refractivity contribution in [3.8, 4) is 17.6 Å². The van der Waals surface area contributed by atoms with Crippen LogP contribution in [0.1, 0.15) is 18.4 Å². The summed E-state index contributed by atoms with van der Waals surface area (Å²) in [4.78, 5) is 14.3. The van der Waals surface area contributed by atoms with E-state index in [1.165, 1.54) is 0 Å². The van der Waals surface area contributed by atoms with E-state index in [-0.39, 0.29) is 11.8 Å². The molecular formula is C16H17BrN2O3. The van der Waals surface area contributed by atoms with E-state index in [9.17, 15) is 4.79 Å². The van der Waals surface area contributed by atoms with Crippen LogP contribution in [0.2, 0.25) is 0 Å². The van der Waals surface area contributed by atoms with Crippen molar-refractivity contribution >= 4 is 21.8 Å². The quantitative estimate of drug-likeness (QED) is 0.808. The smallest absolute Gasteiger partial charge is 0.227 e. The van der Waals surface area contributed by atoms with Crippen LogP contribution in [-0.4, -0.2) is 37.1 Å². The highest BCUT2D eigenvalue weighted by molar-refractivity contribution is 9.10. The molecule has 0 aromatic heterocycles. The summed E-state index contributed by atoms with van der Waals surface area (Å²) < 4.78 is 12.0. The molecule has 1 aromatic rings. The first-order valence-electron chi connectivity index (χ1n) is 7.43. The van der Waals surface area contributed by atoms with Gasteiger partial charge in [-0.1, -0.05) is 15.9 Å². The van der Waals surface area contributed by atoms with Crippen LogP contribution in [0.3, 0.4) is 0 Å². The van der Waals surface area contributed by atoms with Gasteiger partial charge in [0.15, 0.2) is 11.5 Å². The molecule has 2 aliphatic rings. The van der Waals surface area contributed by atoms with E-state index in [1.54, 1.807) is 0 Å². The van der Waals surface area contributed by atoms with E-state index in [0.29, 0.717) is 44.2 Å². The molecular weight excluding hydrogens is 348 g/mol. The van der Waals surface area contributed by atoms with Gasteiger partial charge in [-0.15, -0.1) is 0 Å². The van der Waals surface area contributed by atoms with E-state index in [1.807, 2.05) is 17.0 Å². The van der Waals surface area contributed by atoms with Crippen molar-refractivity contribution < 1.29 is 14.3 Å². The van der Waals surface area contributed by atoms with Gasteiger partial charge in [-0.3, -0.25) is 4.79 Å². The lowest BCUT2D eigenvalue weighted by molar-refractivity contribution is -0.131. The standard InChI is InChI=1S/C16H17BrN2O3/c17-13-9-15-14(21-5-6-22-15)7-12(13)8-16(20)19-3-1-11(10-18)2-4-19/h7,9,11H,1-6,8H2. The monoisotopic (exact) mass is 364 g/mol. The molecule has 1 saturated heterocycles. The lowest BCUT2D eigenvalue weighted by Gasteiger charge is -2.29. The summed E-state index contributed by atoms with van der Waals surface area (Å²) in [5.74, 6) is 1.59. The van der Waals surface area contributed by atoms with E-state index in [2.05, 4.69) is 22.0 Å². The molecule has 5 nitrogen and oxygen atoms in total. The highest BCUT2D eigenvalue weighted by Gasteiger charge is 2.24. The normalized spacial score (nSPS) is 17.9. The number of nitriles is 1. The number of hydrogen-bond acceptors (Lipinski definition) is 4. The van der Waals surface area contributed by atoms with Crippen molar-refractivity contribution in [1.82, 2.24) is 4.90 Å². The third-order valence-electron chi connectivity index (χ3n) is 4.08. The summed E-state index contributed by atoms with van der Waals surface area (Å²) in [7, 11) is 0. The third kappa shape index (κ3) is 3.20. The Labute approximate surface area is 137 Å². The molecule has 22 heavy (non-hydrogen) atoms. The predicted molar refractivity (Wildman–Crippen MR) is 83.8 cm³/mol. The average Bonchev–Trinajstić information content (AvgIpc) is 2.55. The van der Waals surface area contributed by atoms with E-state index in [4.69, 9.17) is 14.7 Å². The lowest BCUT2D eigenvalue weighted by Crippen LogP contribution is -2.39. The number of rotatable bonds is 2. The number of fused-ring (bicyclic) bond motifs is 1. The van der Waals surface area contributed by atoms with Crippen LogP contribution in [0.15, 0.2) is 16.6 Å². The summed E-state index contributed by atoms with van der Waals surface area (Å²) >= 11 is 3.50. The van der Waals surface area contributed by atoms with Crippen molar-refractivity contribution in [3.05, 3.63) is 22.2 Å². The molecule has 0 atom stereocenters. The first-order valence-corrected chi connectivity index (χ1v) is 8.22. The van der Waals surface area contributed by atoms with Gasteiger partial charge in [0.25, 0.3) is 0 Å². The van der Waals surface area contributed by atoms with Gasteiger partial charge in [-0.05, 0) is 30.5 Å². The van der Waals surface area contributed by atoms with Crippen molar-refractivity contribution in [2.24, 2.45) is 5.92 Å². The summed E-state index contributed by atoms with van der Waals surface area (Å²) in [5, 5.41) is 8.91. The minimum Gasteiger partial charge on any atom is -0.486 e. The highest BCUT2D eigenvalue weighted by Crippen LogP contribution is 2.36. The summed E-state index contributed by atoms with van der Waals surface area (Å²) in [5.41, 5.74) is 0.900. The Balaban J connectivity index is 1.68. The predicted octanol–water partition coefficient (Wildman–Crippen LogP) is 2.52. The molecule has 0 spiro atoms. The summed E-state index contributed by atoms with van der Waals surface area (Å²) in [6.45, 7) is 2.41. The number of amides is 1. The van der Waals surface area contributed by atoms with Gasteiger partial charge in [-0.2, -0.15) is 5.26 Å². The third-order valence-corrected chi connectivity index (χ3v) is 4.82. The van der Waals surface area contributed by atoms with Gasteiger partial charge in [0.1, 0.15) is 13.2 Å². The fourth-order valence-electron chi connectivity index (χ4n) is 2.77. The SMILES string of the molecule is N#CC1CCN(C(=O)Cc2cc3c(cc2Br)OCCO3)CC1. The van der Waals surface area contributed by atoms with Crippen molar-refractivity contribution in [2.45, 2.75) is 19.3 Å². The Hall–Kier alpha value is -1.74. The number of piperidine rings is 1. The number of likely N-dealkylation sites (tertiary alicyclic amines) is 1. The molecule has 0 unspecified atom stereocenters. The fourth-order valence-corrected chi connectivity index (χ4v) is 3.24. The second kappa shape index (κ2) is 6.57. The Morgan fingerprint density at radius 2 is 1.91 bits per heavy atom. The zero-order valence-corrected chi connectivity index (χ0v) is 13.8. The Bertz CT molecular complexity index is 619. The molecule has 116 valence electrons. The molecule has 3 rings (SSSR count). The van der Waals surface area contributed by atoms with Crippen LogP contribution < -0.4 is 9.47 Å². The highest BCUT2D eigenvalue weighted by atomic mass is 79.9. The van der Waals surface area contributed by atoms with E-state index in [0.717, 1.165) is 22.9 Å². The zero-order valence-electron chi connectivity index (χ0n) is 12.2. The molecule has 0 aliphatic carbocycles. The molecule has 6 heteroatoms. The molecule has 2 aliphatic heterocycles. The Kier molecular flexibility index (Phi) is 4.53. The van der Waals surface area contributed by atoms with Gasteiger partial charge in [0, 0.05) is 23.5 Å². The zero-order chi connectivity index (χ0) is 15.5. The van der Waals surface area contributed by atoms with E-state index < -0.39 is 0 Å². The first kappa shape index (κ1) is 15.2. The van der Waals surface area contributed by atoms with Gasteiger partial charge in [0.05, 0.1) is 12.5 Å². The van der Waals surface area contributed by atoms with Crippen LogP contribution in [0, 0.1) is 17.2 Å². The molecule has 0 radical (unpaired) electrons. The number of ether oxygens (including phenoxy) is 2. The minimum atomic E-state index is 0.0880. The van der Waals surface area contributed by atoms with Gasteiger partial charge < -0.3 is 14.4 Å². The van der Waals surface area contributed by atoms with Gasteiger partial charge in [0.2, 0.25) is 5.91 Å². The Morgan fingerprint density at radius 1 is 1.27 bits per heavy atom. The molecule has 1 amide bonds. The number of carbonyl (C=O) groups excluding carboxylic acids is 1. The van der Waals surface area contributed by atoms with Crippen molar-refractivity contribution in [3.63, 3.8) is 0 Å². The maximum absolute atomic E-state index is 12.4. The number of nitrogens with zero attached hydrogens (tertiary/aromatic N) is 2. The fraction of sp³-hybridized carbons (Fsp3) is 0.500. The largest absolute Gasteiger partial charge is 0.486 e. The van der Waals surface area contributed by atoms with Crippen LogP contribution in [0.4, 0.5) is 0 Å². The molecule has 0 saturated carbocycles. The van der Waals surface area contributed by atoms with Crippen molar-refractivity contribution in [2.75, 3.05) is 26.3 Å². The van der Waals surface area contributed by atoms with Gasteiger partial charge >= 0.3 is 0 Å². The second-order valence-corrected chi connectivity index (χ2v) is 6.40. The molecule has 2 heterocycles. The number of hydrogen-bond donors (Lipinski definition) is 0. The van der Waals surface area contributed by atoms with Crippen LogP contribution in [0.5, 0.6) is 11.5 Å². The van der Waals surface area contributed by atoms with Crippen molar-refractivity contribution in [1.29, 1.82) is 5.26 Å². The molecule has 0 bridgehead atoms. The first-order chi connectivity index (χ1) is 10.7. The maximum atomic E-state index is 12.4. The molecule has 0 N–H and O–H groups in total. The van der Waals surface area contributed by atoms with Crippen LogP contribution >= 0.6 is 15.9 Å². The van der Waals surface area contributed by atoms with Crippen LogP contribution in [0.25, 0.3) is 0 Å². The topological polar surface area (TPSA) is 62.6 Å². The summed E-state index contributed by atoms with van der Waals surface area (Å²) in [6, 6.07) is 6.01. The van der Waals surface area contributed by atoms with Gasteiger partial charge in [-0.25, -0.2) is 0 Å². The maximum Gasteiger partial charge on any atom is 0.227 e. The molecule has 1 fully saturated rings. The average molecular weight is 365 g/mol. The number of halogens is 1.